The van der Waals surface area contributed by atoms with Gasteiger partial charge in [-0.2, -0.15) is 5.26 Å². The van der Waals surface area contributed by atoms with Gasteiger partial charge in [-0.25, -0.2) is 4.39 Å². The van der Waals surface area contributed by atoms with Crippen LogP contribution >= 0.6 is 0 Å². The highest BCUT2D eigenvalue weighted by Crippen LogP contribution is 2.49. The molecule has 1 aromatic carbocycles. The molecule has 0 spiro atoms. The van der Waals surface area contributed by atoms with Gasteiger partial charge in [-0.3, -0.25) is 0 Å². The monoisotopic (exact) mass is 191 g/mol. The molecule has 0 N–H and O–H groups in total. The number of nitriles is 1. The van der Waals surface area contributed by atoms with E-state index in [4.69, 9.17) is 10.00 Å². The maximum absolute atomic E-state index is 13.4. The van der Waals surface area contributed by atoms with E-state index in [9.17, 15) is 4.39 Å². The van der Waals surface area contributed by atoms with Gasteiger partial charge in [-0.1, -0.05) is 0 Å². The molecule has 0 aromatic heterocycles. The van der Waals surface area contributed by atoms with Crippen LogP contribution in [0.1, 0.15) is 18.4 Å². The number of hydrogen-bond donors (Lipinski definition) is 0. The highest BCUT2D eigenvalue weighted by molar-refractivity contribution is 5.43. The van der Waals surface area contributed by atoms with Crippen LogP contribution in [0.5, 0.6) is 5.75 Å². The molecule has 0 aliphatic heterocycles. The van der Waals surface area contributed by atoms with Gasteiger partial charge in [0.25, 0.3) is 0 Å². The average molecular weight is 191 g/mol. The fourth-order valence-corrected chi connectivity index (χ4v) is 1.56. The molecule has 1 aliphatic carbocycles. The molecule has 0 radical (unpaired) electrons. The van der Waals surface area contributed by atoms with Crippen LogP contribution < -0.4 is 4.74 Å². The molecule has 3 heteroatoms. The van der Waals surface area contributed by atoms with E-state index in [1.807, 2.05) is 0 Å². The van der Waals surface area contributed by atoms with Gasteiger partial charge in [0.2, 0.25) is 0 Å². The summed E-state index contributed by atoms with van der Waals surface area (Å²) in [5, 5.41) is 8.94. The third-order valence-corrected chi connectivity index (χ3v) is 2.65. The molecule has 0 amide bonds. The Balaban J connectivity index is 2.47. The van der Waals surface area contributed by atoms with Crippen LogP contribution in [0, 0.1) is 17.1 Å². The summed E-state index contributed by atoms with van der Waals surface area (Å²) in [4.78, 5) is 0. The molecule has 2 rings (SSSR count). The van der Waals surface area contributed by atoms with Crippen molar-refractivity contribution >= 4 is 0 Å². The van der Waals surface area contributed by atoms with Crippen molar-refractivity contribution < 1.29 is 9.13 Å². The maximum atomic E-state index is 13.4. The highest BCUT2D eigenvalue weighted by Gasteiger charge is 2.46. The second-order valence-electron chi connectivity index (χ2n) is 3.54. The summed E-state index contributed by atoms with van der Waals surface area (Å²) in [6, 6.07) is 6.70. The van der Waals surface area contributed by atoms with E-state index in [-0.39, 0.29) is 5.82 Å². The van der Waals surface area contributed by atoms with Crippen LogP contribution in [0.15, 0.2) is 18.2 Å². The predicted octanol–water partition coefficient (Wildman–Crippen LogP) is 2.39. The summed E-state index contributed by atoms with van der Waals surface area (Å²) < 4.78 is 18.4. The van der Waals surface area contributed by atoms with Crippen LogP contribution in [0.25, 0.3) is 0 Å². The summed E-state index contributed by atoms with van der Waals surface area (Å²) in [6.07, 6.45) is 1.49. The lowest BCUT2D eigenvalue weighted by Crippen LogP contribution is -2.06. The highest BCUT2D eigenvalue weighted by atomic mass is 19.1. The molecule has 1 fully saturated rings. The molecule has 1 aromatic rings. The standard InChI is InChI=1S/C11H10FNO/c1-14-8-2-3-10(12)9(6-8)11(7-13)4-5-11/h2-3,6H,4-5H2,1H3. The summed E-state index contributed by atoms with van der Waals surface area (Å²) in [5.41, 5.74) is -0.113. The maximum Gasteiger partial charge on any atom is 0.128 e. The minimum atomic E-state index is -0.585. The molecule has 0 bridgehead atoms. The molecular weight excluding hydrogens is 181 g/mol. The van der Waals surface area contributed by atoms with Crippen molar-refractivity contribution in [1.82, 2.24) is 0 Å². The van der Waals surface area contributed by atoms with E-state index >= 15 is 0 Å². The van der Waals surface area contributed by atoms with Gasteiger partial charge in [0.15, 0.2) is 0 Å². The van der Waals surface area contributed by atoms with E-state index in [2.05, 4.69) is 6.07 Å². The SMILES string of the molecule is COc1ccc(F)c(C2(C#N)CC2)c1. The molecule has 0 unspecified atom stereocenters. The lowest BCUT2D eigenvalue weighted by atomic mass is 9.97. The zero-order chi connectivity index (χ0) is 10.2. The Morgan fingerprint density at radius 2 is 2.21 bits per heavy atom. The van der Waals surface area contributed by atoms with Gasteiger partial charge in [0.1, 0.15) is 11.6 Å². The quantitative estimate of drug-likeness (QED) is 0.719. The molecule has 0 heterocycles. The Bertz CT molecular complexity index is 404. The van der Waals surface area contributed by atoms with Crippen molar-refractivity contribution in [3.05, 3.63) is 29.6 Å². The normalized spacial score (nSPS) is 17.2. The molecule has 2 nitrogen and oxygen atoms in total. The fraction of sp³-hybridized carbons (Fsp3) is 0.364. The summed E-state index contributed by atoms with van der Waals surface area (Å²) in [7, 11) is 1.53. The number of benzene rings is 1. The lowest BCUT2D eigenvalue weighted by molar-refractivity contribution is 0.412. The van der Waals surface area contributed by atoms with Gasteiger partial charge in [-0.15, -0.1) is 0 Å². The smallest absolute Gasteiger partial charge is 0.128 e. The fourth-order valence-electron chi connectivity index (χ4n) is 1.56. The summed E-state index contributed by atoms with van der Waals surface area (Å²) >= 11 is 0. The number of hydrogen-bond acceptors (Lipinski definition) is 2. The molecule has 72 valence electrons. The number of methoxy groups -OCH3 is 1. The van der Waals surface area contributed by atoms with Crippen LogP contribution in [-0.2, 0) is 5.41 Å². The van der Waals surface area contributed by atoms with Crippen molar-refractivity contribution in [2.45, 2.75) is 18.3 Å². The number of rotatable bonds is 2. The van der Waals surface area contributed by atoms with Crippen molar-refractivity contribution in [2.75, 3.05) is 7.11 Å². The van der Waals surface area contributed by atoms with Gasteiger partial charge < -0.3 is 4.74 Å². The molecule has 1 saturated carbocycles. The predicted molar refractivity (Wildman–Crippen MR) is 49.5 cm³/mol. The number of halogens is 1. The van der Waals surface area contributed by atoms with Crippen molar-refractivity contribution in [3.63, 3.8) is 0 Å². The first-order chi connectivity index (χ1) is 6.72. The Hall–Kier alpha value is -1.56. The van der Waals surface area contributed by atoms with Crippen molar-refractivity contribution in [2.24, 2.45) is 0 Å². The minimum absolute atomic E-state index is 0.315. The van der Waals surface area contributed by atoms with E-state index < -0.39 is 5.41 Å². The Kier molecular flexibility index (Phi) is 1.92. The van der Waals surface area contributed by atoms with Gasteiger partial charge in [0, 0.05) is 5.56 Å². The summed E-state index contributed by atoms with van der Waals surface area (Å²) in [6.45, 7) is 0. The molecular formula is C11H10FNO. The third-order valence-electron chi connectivity index (χ3n) is 2.65. The van der Waals surface area contributed by atoms with E-state index in [1.165, 1.54) is 13.2 Å². The van der Waals surface area contributed by atoms with Crippen LogP contribution in [0.3, 0.4) is 0 Å². The average Bonchev–Trinajstić information content (AvgIpc) is 2.99. The Morgan fingerprint density at radius 1 is 1.50 bits per heavy atom. The minimum Gasteiger partial charge on any atom is -0.497 e. The van der Waals surface area contributed by atoms with E-state index in [1.54, 1.807) is 12.1 Å². The Labute approximate surface area is 81.9 Å². The topological polar surface area (TPSA) is 33.0 Å². The molecule has 0 atom stereocenters. The summed E-state index contributed by atoms with van der Waals surface area (Å²) in [5.74, 6) is 0.285. The zero-order valence-corrected chi connectivity index (χ0v) is 7.88. The van der Waals surface area contributed by atoms with Crippen molar-refractivity contribution in [3.8, 4) is 11.8 Å². The second kappa shape index (κ2) is 2.98. The molecule has 14 heavy (non-hydrogen) atoms. The van der Waals surface area contributed by atoms with Crippen LogP contribution in [0.2, 0.25) is 0 Å². The van der Waals surface area contributed by atoms with Crippen LogP contribution in [0.4, 0.5) is 4.39 Å². The van der Waals surface area contributed by atoms with Gasteiger partial charge in [0.05, 0.1) is 18.6 Å². The first kappa shape index (κ1) is 9.01. The van der Waals surface area contributed by atoms with Crippen LogP contribution in [-0.4, -0.2) is 7.11 Å². The molecule has 0 saturated heterocycles. The lowest BCUT2D eigenvalue weighted by Gasteiger charge is -2.09. The first-order valence-corrected chi connectivity index (χ1v) is 4.47. The van der Waals surface area contributed by atoms with E-state index in [0.717, 1.165) is 12.8 Å². The second-order valence-corrected chi connectivity index (χ2v) is 3.54. The van der Waals surface area contributed by atoms with Crippen molar-refractivity contribution in [1.29, 1.82) is 5.26 Å². The third kappa shape index (κ3) is 1.24. The zero-order valence-electron chi connectivity index (χ0n) is 7.88. The van der Waals surface area contributed by atoms with Gasteiger partial charge >= 0.3 is 0 Å². The number of nitrogens with zero attached hydrogens (tertiary/aromatic N) is 1. The Morgan fingerprint density at radius 3 is 2.71 bits per heavy atom. The first-order valence-electron chi connectivity index (χ1n) is 4.47. The van der Waals surface area contributed by atoms with Gasteiger partial charge in [-0.05, 0) is 31.0 Å². The largest absolute Gasteiger partial charge is 0.497 e. The molecule has 1 aliphatic rings. The van der Waals surface area contributed by atoms with E-state index in [0.29, 0.717) is 11.3 Å². The number of ether oxygens (including phenoxy) is 1.